The van der Waals surface area contributed by atoms with Crippen LogP contribution in [-0.4, -0.2) is 27.7 Å². The molecule has 1 N–H and O–H groups in total. The van der Waals surface area contributed by atoms with E-state index in [1.54, 1.807) is 0 Å². The number of halogens is 1. The Morgan fingerprint density at radius 1 is 1.03 bits per heavy atom. The highest BCUT2D eigenvalue weighted by Crippen LogP contribution is 2.38. The molecule has 33 heavy (non-hydrogen) atoms. The Morgan fingerprint density at radius 2 is 1.85 bits per heavy atom. The van der Waals surface area contributed by atoms with Gasteiger partial charge in [-0.15, -0.1) is 0 Å². The summed E-state index contributed by atoms with van der Waals surface area (Å²) < 4.78 is 1.97. The van der Waals surface area contributed by atoms with Crippen LogP contribution in [0.5, 0.6) is 5.88 Å². The second-order valence-corrected chi connectivity index (χ2v) is 10.4. The number of hydrogen-bond donors (Lipinski definition) is 1. The first-order valence-electron chi connectivity index (χ1n) is 12.3. The van der Waals surface area contributed by atoms with Gasteiger partial charge in [0, 0.05) is 24.7 Å². The highest BCUT2D eigenvalue weighted by atomic mass is 35.5. The average Bonchev–Trinajstić information content (AvgIpc) is 3.58. The lowest BCUT2D eigenvalue weighted by Gasteiger charge is -2.32. The molecule has 0 unspecified atom stereocenters. The standard InChI is InChI=1S/C28H32ClN3O/c29-26-15-24(14-25-19-32(18-22-7-8-22)28(33)27(25)26)17-31-11-9-20(10-12-31)3-1-4-21-5-2-6-23(13-21)16-30/h2,5-6,13-15,19-20,22,33H,1,3-4,7-12,17-18H2. The van der Waals surface area contributed by atoms with E-state index in [1.807, 2.05) is 28.8 Å². The molecule has 0 amide bonds. The van der Waals surface area contributed by atoms with E-state index in [2.05, 4.69) is 29.3 Å². The second kappa shape index (κ2) is 9.79. The number of nitriles is 1. The average molecular weight is 462 g/mol. The lowest BCUT2D eigenvalue weighted by molar-refractivity contribution is 0.171. The number of aromatic nitrogens is 1. The highest BCUT2D eigenvalue weighted by Gasteiger charge is 2.24. The molecule has 5 rings (SSSR count). The molecule has 5 heteroatoms. The van der Waals surface area contributed by atoms with Crippen LogP contribution < -0.4 is 0 Å². The molecule has 4 nitrogen and oxygen atoms in total. The van der Waals surface area contributed by atoms with Crippen molar-refractivity contribution in [1.29, 1.82) is 5.26 Å². The van der Waals surface area contributed by atoms with E-state index in [9.17, 15) is 5.11 Å². The van der Waals surface area contributed by atoms with Crippen molar-refractivity contribution in [2.45, 2.75) is 58.0 Å². The predicted molar refractivity (Wildman–Crippen MR) is 133 cm³/mol. The number of nitrogens with zero attached hydrogens (tertiary/aromatic N) is 3. The Hall–Kier alpha value is -2.48. The summed E-state index contributed by atoms with van der Waals surface area (Å²) in [6.45, 7) is 4.05. The van der Waals surface area contributed by atoms with Crippen molar-refractivity contribution in [1.82, 2.24) is 9.47 Å². The van der Waals surface area contributed by atoms with E-state index in [0.717, 1.165) is 54.9 Å². The fourth-order valence-electron chi connectivity index (χ4n) is 5.29. The molecule has 1 aliphatic heterocycles. The molecular weight excluding hydrogens is 430 g/mol. The summed E-state index contributed by atoms with van der Waals surface area (Å²) in [6, 6.07) is 14.5. The topological polar surface area (TPSA) is 52.2 Å². The minimum atomic E-state index is 0.314. The Balaban J connectivity index is 1.13. The summed E-state index contributed by atoms with van der Waals surface area (Å²) >= 11 is 6.59. The molecule has 3 aromatic rings. The van der Waals surface area contributed by atoms with Crippen molar-refractivity contribution in [2.24, 2.45) is 11.8 Å². The molecule has 0 bridgehead atoms. The predicted octanol–water partition coefficient (Wildman–Crippen LogP) is 6.52. The fraction of sp³-hybridized carbons (Fsp3) is 0.464. The van der Waals surface area contributed by atoms with Crippen molar-refractivity contribution in [2.75, 3.05) is 13.1 Å². The first-order chi connectivity index (χ1) is 16.1. The smallest absolute Gasteiger partial charge is 0.200 e. The third-order valence-electron chi connectivity index (χ3n) is 7.37. The summed E-state index contributed by atoms with van der Waals surface area (Å²) in [5, 5.41) is 22.2. The van der Waals surface area contributed by atoms with Crippen LogP contribution in [-0.2, 0) is 19.5 Å². The molecule has 1 aliphatic carbocycles. The number of benzene rings is 2. The van der Waals surface area contributed by atoms with Gasteiger partial charge in [0.05, 0.1) is 22.0 Å². The van der Waals surface area contributed by atoms with Gasteiger partial charge in [-0.3, -0.25) is 4.90 Å². The Kier molecular flexibility index (Phi) is 6.62. The monoisotopic (exact) mass is 461 g/mol. The Morgan fingerprint density at radius 3 is 2.61 bits per heavy atom. The van der Waals surface area contributed by atoms with E-state index >= 15 is 0 Å². The lowest BCUT2D eigenvalue weighted by atomic mass is 9.90. The zero-order chi connectivity index (χ0) is 22.8. The lowest BCUT2D eigenvalue weighted by Crippen LogP contribution is -2.33. The largest absolute Gasteiger partial charge is 0.494 e. The number of hydrogen-bond acceptors (Lipinski definition) is 3. The van der Waals surface area contributed by atoms with Crippen LogP contribution in [0.3, 0.4) is 0 Å². The molecular formula is C28H32ClN3O. The van der Waals surface area contributed by atoms with Gasteiger partial charge in [-0.2, -0.15) is 5.26 Å². The number of piperidine rings is 1. The molecule has 0 atom stereocenters. The molecule has 2 heterocycles. The van der Waals surface area contributed by atoms with Crippen LogP contribution in [0.15, 0.2) is 42.6 Å². The third kappa shape index (κ3) is 5.37. The SMILES string of the molecule is N#Cc1cccc(CCCC2CCN(Cc3cc(Cl)c4c(O)n(CC5CC5)cc4c3)CC2)c1. The Bertz CT molecular complexity index is 1170. The van der Waals surface area contributed by atoms with Gasteiger partial charge >= 0.3 is 0 Å². The maximum absolute atomic E-state index is 10.6. The Labute approximate surface area is 201 Å². The molecule has 0 spiro atoms. The summed E-state index contributed by atoms with van der Waals surface area (Å²) in [6.07, 6.45) is 10.6. The number of fused-ring (bicyclic) bond motifs is 1. The zero-order valence-electron chi connectivity index (χ0n) is 19.1. The molecule has 2 aliphatic rings. The van der Waals surface area contributed by atoms with E-state index in [4.69, 9.17) is 16.9 Å². The van der Waals surface area contributed by atoms with Crippen molar-refractivity contribution in [3.63, 3.8) is 0 Å². The van der Waals surface area contributed by atoms with Gasteiger partial charge < -0.3 is 9.67 Å². The molecule has 2 fully saturated rings. The van der Waals surface area contributed by atoms with Crippen LogP contribution >= 0.6 is 11.6 Å². The van der Waals surface area contributed by atoms with Crippen LogP contribution in [0.1, 0.15) is 55.2 Å². The van der Waals surface area contributed by atoms with E-state index in [1.165, 1.54) is 49.7 Å². The number of aryl methyl sites for hydroxylation is 1. The highest BCUT2D eigenvalue weighted by molar-refractivity contribution is 6.36. The zero-order valence-corrected chi connectivity index (χ0v) is 19.9. The number of likely N-dealkylation sites (tertiary alicyclic amines) is 1. The first kappa shape index (κ1) is 22.3. The molecule has 2 aromatic carbocycles. The van der Waals surface area contributed by atoms with E-state index in [0.29, 0.717) is 16.8 Å². The number of rotatable bonds is 8. The molecule has 1 aromatic heterocycles. The van der Waals surface area contributed by atoms with Crippen LogP contribution in [0.25, 0.3) is 10.8 Å². The summed E-state index contributed by atoms with van der Waals surface area (Å²) in [5.74, 6) is 1.81. The van der Waals surface area contributed by atoms with Crippen LogP contribution in [0.2, 0.25) is 5.02 Å². The van der Waals surface area contributed by atoms with Gasteiger partial charge in [0.2, 0.25) is 5.88 Å². The molecule has 1 saturated carbocycles. The van der Waals surface area contributed by atoms with Crippen LogP contribution in [0.4, 0.5) is 0 Å². The third-order valence-corrected chi connectivity index (χ3v) is 7.67. The van der Waals surface area contributed by atoms with Gasteiger partial charge in [0.1, 0.15) is 0 Å². The van der Waals surface area contributed by atoms with Gasteiger partial charge in [0.25, 0.3) is 0 Å². The van der Waals surface area contributed by atoms with Gasteiger partial charge in [-0.1, -0.05) is 30.2 Å². The van der Waals surface area contributed by atoms with Crippen molar-refractivity contribution in [3.8, 4) is 11.9 Å². The number of aromatic hydroxyl groups is 1. The first-order valence-corrected chi connectivity index (χ1v) is 12.7. The maximum atomic E-state index is 10.6. The quantitative estimate of drug-likeness (QED) is 0.415. The van der Waals surface area contributed by atoms with Crippen LogP contribution in [0, 0.1) is 23.2 Å². The van der Waals surface area contributed by atoms with E-state index in [-0.39, 0.29) is 0 Å². The van der Waals surface area contributed by atoms with Gasteiger partial charge in [-0.05, 0) is 98.8 Å². The molecule has 1 saturated heterocycles. The molecule has 172 valence electrons. The van der Waals surface area contributed by atoms with Gasteiger partial charge in [-0.25, -0.2) is 0 Å². The van der Waals surface area contributed by atoms with Crippen molar-refractivity contribution < 1.29 is 5.11 Å². The van der Waals surface area contributed by atoms with Crippen molar-refractivity contribution in [3.05, 3.63) is 64.3 Å². The minimum Gasteiger partial charge on any atom is -0.494 e. The summed E-state index contributed by atoms with van der Waals surface area (Å²) in [7, 11) is 0. The normalized spacial score (nSPS) is 17.5. The van der Waals surface area contributed by atoms with Crippen molar-refractivity contribution >= 4 is 22.4 Å². The fourth-order valence-corrected chi connectivity index (χ4v) is 5.62. The van der Waals surface area contributed by atoms with E-state index < -0.39 is 0 Å². The summed E-state index contributed by atoms with van der Waals surface area (Å²) in [4.78, 5) is 2.53. The minimum absolute atomic E-state index is 0.314. The second-order valence-electron chi connectivity index (χ2n) is 10.0. The summed E-state index contributed by atoms with van der Waals surface area (Å²) in [5.41, 5.74) is 3.26. The molecule has 0 radical (unpaired) electrons. The maximum Gasteiger partial charge on any atom is 0.200 e. The van der Waals surface area contributed by atoms with Gasteiger partial charge in [0.15, 0.2) is 0 Å².